The van der Waals surface area contributed by atoms with Gasteiger partial charge in [-0.15, -0.1) is 0 Å². The predicted molar refractivity (Wildman–Crippen MR) is 76.3 cm³/mol. The number of nitrogens with one attached hydrogen (secondary N) is 1. The second kappa shape index (κ2) is 6.96. The minimum atomic E-state index is -0.355. The fraction of sp³-hybridized carbons (Fsp3) is 0.438. The molecule has 0 heterocycles. The molecule has 0 aliphatic rings. The van der Waals surface area contributed by atoms with Crippen molar-refractivity contribution in [3.63, 3.8) is 0 Å². The minimum absolute atomic E-state index is 0.0416. The molecule has 0 aromatic heterocycles. The first-order valence-corrected chi connectivity index (χ1v) is 6.47. The van der Waals surface area contributed by atoms with E-state index in [0.717, 1.165) is 17.5 Å². The second-order valence-corrected chi connectivity index (χ2v) is 5.04. The number of rotatable bonds is 4. The summed E-state index contributed by atoms with van der Waals surface area (Å²) in [7, 11) is 0. The summed E-state index contributed by atoms with van der Waals surface area (Å²) in [5.41, 5.74) is 1.45. The number of carbonyl (C=O) groups is 1. The number of carbonyl (C=O) groups excluding carboxylic acids is 1. The molecule has 19 heavy (non-hydrogen) atoms. The molecule has 1 rings (SSSR count). The molecule has 102 valence electrons. The third kappa shape index (κ3) is 4.42. The zero-order valence-electron chi connectivity index (χ0n) is 11.8. The molecule has 1 amide bonds. The van der Waals surface area contributed by atoms with Gasteiger partial charge in [0, 0.05) is 17.5 Å². The Morgan fingerprint density at radius 2 is 2.05 bits per heavy atom. The van der Waals surface area contributed by atoms with Gasteiger partial charge in [-0.2, -0.15) is 0 Å². The number of hydrogen-bond acceptors (Lipinski definition) is 2. The molecule has 0 aliphatic carbocycles. The van der Waals surface area contributed by atoms with Gasteiger partial charge >= 0.3 is 0 Å². The maximum absolute atomic E-state index is 12.0. The largest absolute Gasteiger partial charge is 0.384 e. The lowest BCUT2D eigenvalue weighted by atomic mass is 9.89. The van der Waals surface area contributed by atoms with Crippen molar-refractivity contribution in [2.24, 2.45) is 5.41 Å². The van der Waals surface area contributed by atoms with Crippen molar-refractivity contribution >= 4 is 5.91 Å². The highest BCUT2D eigenvalue weighted by molar-refractivity contribution is 5.81. The zero-order valence-corrected chi connectivity index (χ0v) is 11.8. The molecule has 0 saturated carbocycles. The van der Waals surface area contributed by atoms with Gasteiger partial charge in [0.1, 0.15) is 6.61 Å². The predicted octanol–water partition coefficient (Wildman–Crippen LogP) is 2.08. The Morgan fingerprint density at radius 3 is 2.68 bits per heavy atom. The first kappa shape index (κ1) is 15.3. The van der Waals surface area contributed by atoms with Crippen LogP contribution in [0, 0.1) is 17.3 Å². The molecule has 0 fully saturated rings. The summed E-state index contributed by atoms with van der Waals surface area (Å²) in [6, 6.07) is 7.62. The summed E-state index contributed by atoms with van der Waals surface area (Å²) in [4.78, 5) is 12.0. The van der Waals surface area contributed by atoms with E-state index in [2.05, 4.69) is 17.2 Å². The molecule has 3 nitrogen and oxygen atoms in total. The summed E-state index contributed by atoms with van der Waals surface area (Å²) in [5, 5.41) is 11.7. The molecule has 0 unspecified atom stereocenters. The molecule has 0 saturated heterocycles. The van der Waals surface area contributed by atoms with E-state index in [9.17, 15) is 4.79 Å². The second-order valence-electron chi connectivity index (χ2n) is 5.04. The summed E-state index contributed by atoms with van der Waals surface area (Å²) < 4.78 is 0. The highest BCUT2D eigenvalue weighted by Gasteiger charge is 2.24. The lowest BCUT2D eigenvalue weighted by molar-refractivity contribution is -0.129. The van der Waals surface area contributed by atoms with Crippen molar-refractivity contribution in [1.82, 2.24) is 5.32 Å². The Balaban J connectivity index is 2.76. The lowest BCUT2D eigenvalue weighted by Gasteiger charge is -2.21. The fourth-order valence-corrected chi connectivity index (χ4v) is 1.51. The van der Waals surface area contributed by atoms with Crippen molar-refractivity contribution < 1.29 is 9.90 Å². The van der Waals surface area contributed by atoms with Crippen LogP contribution in [0.4, 0.5) is 0 Å². The minimum Gasteiger partial charge on any atom is -0.384 e. The van der Waals surface area contributed by atoms with Crippen LogP contribution in [0.3, 0.4) is 0 Å². The number of aliphatic hydroxyl groups excluding tert-OH is 1. The molecule has 0 radical (unpaired) electrons. The van der Waals surface area contributed by atoms with Crippen LogP contribution in [0.2, 0.25) is 0 Å². The van der Waals surface area contributed by atoms with Gasteiger partial charge in [0.25, 0.3) is 0 Å². The van der Waals surface area contributed by atoms with Gasteiger partial charge in [0.05, 0.1) is 0 Å². The van der Waals surface area contributed by atoms with Gasteiger partial charge in [-0.3, -0.25) is 4.79 Å². The van der Waals surface area contributed by atoms with Gasteiger partial charge in [-0.25, -0.2) is 0 Å². The molecule has 0 atom stereocenters. The quantitative estimate of drug-likeness (QED) is 0.813. The zero-order chi connectivity index (χ0) is 14.3. The monoisotopic (exact) mass is 259 g/mol. The molecule has 1 aromatic rings. The third-order valence-electron chi connectivity index (χ3n) is 3.26. The highest BCUT2D eigenvalue weighted by Crippen LogP contribution is 2.19. The van der Waals surface area contributed by atoms with Crippen molar-refractivity contribution in [3.8, 4) is 11.8 Å². The molecule has 0 bridgehead atoms. The molecule has 0 spiro atoms. The maximum Gasteiger partial charge on any atom is 0.225 e. The van der Waals surface area contributed by atoms with Crippen LogP contribution in [0.25, 0.3) is 0 Å². The third-order valence-corrected chi connectivity index (χ3v) is 3.26. The number of hydrogen-bond donors (Lipinski definition) is 2. The SMILES string of the molecule is CCC(C)(C)C(=O)NCc1ccccc1C#CCO. The van der Waals surface area contributed by atoms with Crippen LogP contribution >= 0.6 is 0 Å². The van der Waals surface area contributed by atoms with Gasteiger partial charge in [-0.05, 0) is 18.1 Å². The summed E-state index contributed by atoms with van der Waals surface area (Å²) in [6.07, 6.45) is 0.796. The molecular weight excluding hydrogens is 238 g/mol. The van der Waals surface area contributed by atoms with E-state index in [0.29, 0.717) is 6.54 Å². The molecular formula is C16H21NO2. The summed E-state index contributed by atoms with van der Waals surface area (Å²) in [6.45, 7) is 6.15. The fourth-order valence-electron chi connectivity index (χ4n) is 1.51. The Hall–Kier alpha value is -1.79. The normalized spacial score (nSPS) is 10.5. The van der Waals surface area contributed by atoms with Crippen LogP contribution in [0.5, 0.6) is 0 Å². The van der Waals surface area contributed by atoms with Gasteiger partial charge in [-0.1, -0.05) is 50.8 Å². The van der Waals surface area contributed by atoms with E-state index in [1.165, 1.54) is 0 Å². The Kier molecular flexibility index (Phi) is 5.59. The van der Waals surface area contributed by atoms with E-state index in [1.54, 1.807) is 0 Å². The molecule has 3 heteroatoms. The van der Waals surface area contributed by atoms with Crippen LogP contribution in [0.15, 0.2) is 24.3 Å². The van der Waals surface area contributed by atoms with Gasteiger partial charge in [0.15, 0.2) is 0 Å². The molecule has 0 aliphatic heterocycles. The standard InChI is InChI=1S/C16H21NO2/c1-4-16(2,3)15(19)17-12-14-9-6-5-8-13(14)10-7-11-18/h5-6,8-9,18H,4,11-12H2,1-3H3,(H,17,19). The first-order chi connectivity index (χ1) is 9.01. The average molecular weight is 259 g/mol. The van der Waals surface area contributed by atoms with E-state index >= 15 is 0 Å². The Bertz CT molecular complexity index is 495. The van der Waals surface area contributed by atoms with E-state index in [4.69, 9.17) is 5.11 Å². The maximum atomic E-state index is 12.0. The summed E-state index contributed by atoms with van der Waals surface area (Å²) in [5.74, 6) is 5.56. The number of benzene rings is 1. The van der Waals surface area contributed by atoms with E-state index in [1.807, 2.05) is 45.0 Å². The van der Waals surface area contributed by atoms with Crippen LogP contribution in [-0.2, 0) is 11.3 Å². The van der Waals surface area contributed by atoms with Crippen LogP contribution in [-0.4, -0.2) is 17.6 Å². The first-order valence-electron chi connectivity index (χ1n) is 6.47. The summed E-state index contributed by atoms with van der Waals surface area (Å²) >= 11 is 0. The lowest BCUT2D eigenvalue weighted by Crippen LogP contribution is -2.36. The molecule has 1 aromatic carbocycles. The topological polar surface area (TPSA) is 49.3 Å². The van der Waals surface area contributed by atoms with Crippen molar-refractivity contribution in [2.45, 2.75) is 33.7 Å². The van der Waals surface area contributed by atoms with Crippen LogP contribution in [0.1, 0.15) is 38.3 Å². The van der Waals surface area contributed by atoms with Crippen molar-refractivity contribution in [2.75, 3.05) is 6.61 Å². The van der Waals surface area contributed by atoms with Gasteiger partial charge < -0.3 is 10.4 Å². The molecule has 2 N–H and O–H groups in total. The number of amides is 1. The average Bonchev–Trinajstić information content (AvgIpc) is 2.43. The van der Waals surface area contributed by atoms with Gasteiger partial charge in [0.2, 0.25) is 5.91 Å². The number of aliphatic hydroxyl groups is 1. The Labute approximate surface area is 115 Å². The van der Waals surface area contributed by atoms with Crippen molar-refractivity contribution in [3.05, 3.63) is 35.4 Å². The smallest absolute Gasteiger partial charge is 0.225 e. The van der Waals surface area contributed by atoms with Crippen molar-refractivity contribution in [1.29, 1.82) is 0 Å². The van der Waals surface area contributed by atoms with Crippen LogP contribution < -0.4 is 5.32 Å². The van der Waals surface area contributed by atoms with E-state index in [-0.39, 0.29) is 17.9 Å². The Morgan fingerprint density at radius 1 is 1.37 bits per heavy atom. The highest BCUT2D eigenvalue weighted by atomic mass is 16.2. The van der Waals surface area contributed by atoms with E-state index < -0.39 is 0 Å².